The van der Waals surface area contributed by atoms with Gasteiger partial charge >= 0.3 is 0 Å². The molecule has 0 amide bonds. The second-order valence-corrected chi connectivity index (χ2v) is 7.73. The Balaban J connectivity index is 2.01. The predicted molar refractivity (Wildman–Crippen MR) is 96.1 cm³/mol. The molecule has 132 valence electrons. The fraction of sp³-hybridized carbons (Fsp3) is 0.429. The molecule has 4 heteroatoms. The van der Waals surface area contributed by atoms with E-state index in [4.69, 9.17) is 9.47 Å². The van der Waals surface area contributed by atoms with Gasteiger partial charge in [-0.15, -0.1) is 0 Å². The second-order valence-electron chi connectivity index (χ2n) is 7.73. The van der Waals surface area contributed by atoms with Crippen LogP contribution in [0.15, 0.2) is 18.2 Å². The Bertz CT molecular complexity index is 867. The fourth-order valence-corrected chi connectivity index (χ4v) is 4.36. The molecule has 2 aromatic rings. The summed E-state index contributed by atoms with van der Waals surface area (Å²) in [6, 6.07) is 5.78. The predicted octanol–water partition coefficient (Wildman–Crippen LogP) is 4.21. The Hall–Kier alpha value is -2.36. The summed E-state index contributed by atoms with van der Waals surface area (Å²) in [4.78, 5) is 0. The first-order chi connectivity index (χ1) is 11.8. The van der Waals surface area contributed by atoms with E-state index < -0.39 is 0 Å². The van der Waals surface area contributed by atoms with Crippen molar-refractivity contribution in [2.75, 3.05) is 7.11 Å². The molecule has 1 atom stereocenters. The third-order valence-corrected chi connectivity index (χ3v) is 5.57. The third kappa shape index (κ3) is 2.35. The average Bonchev–Trinajstić information content (AvgIpc) is 2.70. The lowest BCUT2D eigenvalue weighted by Gasteiger charge is -2.39. The van der Waals surface area contributed by atoms with Crippen molar-refractivity contribution in [1.29, 1.82) is 0 Å². The largest absolute Gasteiger partial charge is 0.508 e. The number of phenols is 2. The van der Waals surface area contributed by atoms with Crippen molar-refractivity contribution < 1.29 is 19.7 Å². The Morgan fingerprint density at radius 3 is 2.68 bits per heavy atom. The number of phenolic OH excluding ortho intramolecular Hbond substituents is 2. The lowest BCUT2D eigenvalue weighted by Crippen LogP contribution is -2.36. The number of aromatic hydroxyl groups is 2. The van der Waals surface area contributed by atoms with Gasteiger partial charge in [-0.3, -0.25) is 0 Å². The topological polar surface area (TPSA) is 58.9 Å². The van der Waals surface area contributed by atoms with E-state index in [1.807, 2.05) is 19.1 Å². The van der Waals surface area contributed by atoms with Crippen LogP contribution >= 0.6 is 0 Å². The molecule has 0 aromatic heterocycles. The van der Waals surface area contributed by atoms with Gasteiger partial charge in [0.05, 0.1) is 7.11 Å². The maximum absolute atomic E-state index is 10.7. The molecule has 2 N–H and O–H groups in total. The molecule has 0 unspecified atom stereocenters. The molecular weight excluding hydrogens is 316 g/mol. The fourth-order valence-electron chi connectivity index (χ4n) is 4.36. The van der Waals surface area contributed by atoms with Crippen molar-refractivity contribution in [2.45, 2.75) is 51.6 Å². The maximum atomic E-state index is 10.7. The van der Waals surface area contributed by atoms with E-state index >= 15 is 0 Å². The summed E-state index contributed by atoms with van der Waals surface area (Å²) in [6.07, 6.45) is 2.30. The van der Waals surface area contributed by atoms with E-state index in [0.29, 0.717) is 12.2 Å². The minimum atomic E-state index is -0.343. The lowest BCUT2D eigenvalue weighted by molar-refractivity contribution is 0.0758. The normalized spacial score (nSPS) is 20.1. The van der Waals surface area contributed by atoms with Crippen LogP contribution in [0, 0.1) is 6.92 Å². The molecular formula is C21H24O4. The van der Waals surface area contributed by atoms with E-state index in [1.165, 1.54) is 0 Å². The van der Waals surface area contributed by atoms with Crippen LogP contribution in [0.4, 0.5) is 0 Å². The van der Waals surface area contributed by atoms with E-state index in [-0.39, 0.29) is 23.0 Å². The van der Waals surface area contributed by atoms with Crippen LogP contribution in [-0.4, -0.2) is 22.9 Å². The molecule has 0 spiro atoms. The van der Waals surface area contributed by atoms with Gasteiger partial charge in [-0.1, -0.05) is 6.07 Å². The molecule has 0 saturated heterocycles. The van der Waals surface area contributed by atoms with Crippen LogP contribution in [-0.2, 0) is 12.8 Å². The highest BCUT2D eigenvalue weighted by atomic mass is 16.5. The van der Waals surface area contributed by atoms with Gasteiger partial charge in [-0.05, 0) is 63.3 Å². The van der Waals surface area contributed by atoms with Gasteiger partial charge in [0.25, 0.3) is 0 Å². The Labute approximate surface area is 148 Å². The summed E-state index contributed by atoms with van der Waals surface area (Å²) in [6.45, 7) is 6.06. The smallest absolute Gasteiger partial charge is 0.161 e. The zero-order chi connectivity index (χ0) is 17.9. The highest BCUT2D eigenvalue weighted by Crippen LogP contribution is 2.53. The summed E-state index contributed by atoms with van der Waals surface area (Å²) in [7, 11) is 1.57. The molecule has 0 fully saturated rings. The third-order valence-electron chi connectivity index (χ3n) is 5.57. The number of methoxy groups -OCH3 is 1. The van der Waals surface area contributed by atoms with Crippen molar-refractivity contribution in [3.05, 3.63) is 46.0 Å². The Kier molecular flexibility index (Phi) is 3.43. The minimum Gasteiger partial charge on any atom is -0.508 e. The quantitative estimate of drug-likeness (QED) is 0.816. The number of benzene rings is 2. The van der Waals surface area contributed by atoms with Gasteiger partial charge < -0.3 is 19.7 Å². The molecule has 1 aliphatic heterocycles. The Morgan fingerprint density at radius 2 is 1.96 bits per heavy atom. The Morgan fingerprint density at radius 1 is 1.20 bits per heavy atom. The van der Waals surface area contributed by atoms with E-state index in [1.54, 1.807) is 7.11 Å². The van der Waals surface area contributed by atoms with Crippen LogP contribution in [0.2, 0.25) is 0 Å². The zero-order valence-corrected chi connectivity index (χ0v) is 15.1. The summed E-state index contributed by atoms with van der Waals surface area (Å²) < 4.78 is 11.6. The van der Waals surface area contributed by atoms with E-state index in [9.17, 15) is 10.2 Å². The average molecular weight is 340 g/mol. The molecule has 2 aliphatic rings. The molecule has 2 aromatic carbocycles. The van der Waals surface area contributed by atoms with Crippen LogP contribution < -0.4 is 9.47 Å². The van der Waals surface area contributed by atoms with Crippen LogP contribution in [0.25, 0.3) is 0 Å². The standard InChI is InChI=1S/C21H24O4/c1-11-16(22)9-12-5-6-14-13(7-8-17(24-4)19(14)23)15-10-21(2,3)25-20(11)18(12)15/h7-9,15,22-23H,5-6,10H2,1-4H3/t15-/m1/s1. The summed E-state index contributed by atoms with van der Waals surface area (Å²) in [5.41, 5.74) is 4.80. The molecule has 25 heavy (non-hydrogen) atoms. The molecule has 1 aliphatic carbocycles. The van der Waals surface area contributed by atoms with Gasteiger partial charge in [0.1, 0.15) is 17.1 Å². The second kappa shape index (κ2) is 5.32. The van der Waals surface area contributed by atoms with Gasteiger partial charge in [0, 0.05) is 22.6 Å². The monoisotopic (exact) mass is 340 g/mol. The van der Waals surface area contributed by atoms with E-state index in [2.05, 4.69) is 19.9 Å². The molecule has 0 bridgehead atoms. The van der Waals surface area contributed by atoms with Crippen molar-refractivity contribution in [1.82, 2.24) is 0 Å². The summed E-state index contributed by atoms with van der Waals surface area (Å²) in [5.74, 6) is 1.97. The lowest BCUT2D eigenvalue weighted by atomic mass is 9.77. The van der Waals surface area contributed by atoms with Crippen LogP contribution in [0.3, 0.4) is 0 Å². The zero-order valence-electron chi connectivity index (χ0n) is 15.1. The van der Waals surface area contributed by atoms with Crippen LogP contribution in [0.5, 0.6) is 23.0 Å². The first kappa shape index (κ1) is 16.1. The summed E-state index contributed by atoms with van der Waals surface area (Å²) in [5, 5.41) is 21.0. The number of hydrogen-bond acceptors (Lipinski definition) is 4. The molecule has 1 heterocycles. The van der Waals surface area contributed by atoms with Crippen molar-refractivity contribution in [3.8, 4) is 23.0 Å². The number of aryl methyl sites for hydroxylation is 1. The molecule has 4 rings (SSSR count). The first-order valence-electron chi connectivity index (χ1n) is 8.75. The highest BCUT2D eigenvalue weighted by molar-refractivity contribution is 5.62. The summed E-state index contributed by atoms with van der Waals surface area (Å²) >= 11 is 0. The minimum absolute atomic E-state index is 0.141. The van der Waals surface area contributed by atoms with Gasteiger partial charge in [0.15, 0.2) is 11.5 Å². The van der Waals surface area contributed by atoms with Crippen molar-refractivity contribution in [3.63, 3.8) is 0 Å². The van der Waals surface area contributed by atoms with Crippen molar-refractivity contribution in [2.24, 2.45) is 0 Å². The number of fused-ring (bicyclic) bond motifs is 2. The SMILES string of the molecule is COc1ccc2c(c1O)CCc1cc(O)c(C)c3c1[C@@H]2CC(C)(C)O3. The number of ether oxygens (including phenoxy) is 2. The molecule has 4 nitrogen and oxygen atoms in total. The highest BCUT2D eigenvalue weighted by Gasteiger charge is 2.40. The van der Waals surface area contributed by atoms with Crippen LogP contribution in [0.1, 0.15) is 54.0 Å². The van der Waals surface area contributed by atoms with Crippen molar-refractivity contribution >= 4 is 0 Å². The van der Waals surface area contributed by atoms with Gasteiger partial charge in [-0.2, -0.15) is 0 Å². The number of hydrogen-bond donors (Lipinski definition) is 2. The molecule has 0 saturated carbocycles. The van der Waals surface area contributed by atoms with Gasteiger partial charge in [0.2, 0.25) is 0 Å². The maximum Gasteiger partial charge on any atom is 0.161 e. The van der Waals surface area contributed by atoms with E-state index in [0.717, 1.165) is 46.4 Å². The molecule has 0 radical (unpaired) electrons. The van der Waals surface area contributed by atoms with Gasteiger partial charge in [-0.25, -0.2) is 0 Å². The first-order valence-corrected chi connectivity index (χ1v) is 8.75. The number of rotatable bonds is 1.